The van der Waals surface area contributed by atoms with E-state index in [4.69, 9.17) is 16.3 Å². The molecule has 0 aliphatic heterocycles. The number of nitrogens with one attached hydrogen (secondary N) is 5. The topological polar surface area (TPSA) is 176 Å². The summed E-state index contributed by atoms with van der Waals surface area (Å²) < 4.78 is 69.4. The Hall–Kier alpha value is -4.38. The van der Waals surface area contributed by atoms with Gasteiger partial charge in [-0.3, -0.25) is 4.79 Å². The first-order valence-electron chi connectivity index (χ1n) is 12.6. The van der Waals surface area contributed by atoms with E-state index < -0.39 is 52.0 Å². The zero-order chi connectivity index (χ0) is 31.3. The third-order valence-electron chi connectivity index (χ3n) is 6.01. The fraction of sp³-hybridized carbons (Fsp3) is 0.320. The van der Waals surface area contributed by atoms with Gasteiger partial charge in [-0.25, -0.2) is 17.9 Å². The summed E-state index contributed by atoms with van der Waals surface area (Å²) in [6.07, 6.45) is -3.20. The largest absolute Gasteiger partial charge is 0.454 e. The van der Waals surface area contributed by atoms with Gasteiger partial charge in [0.2, 0.25) is 21.9 Å². The number of carbonyl (C=O) groups excluding carboxylic acids is 2. The van der Waals surface area contributed by atoms with Gasteiger partial charge in [0.1, 0.15) is 0 Å². The molecule has 1 aromatic heterocycles. The highest BCUT2D eigenvalue weighted by Crippen LogP contribution is 2.48. The maximum absolute atomic E-state index is 12.8. The monoisotopic (exact) mass is 642 g/mol. The number of hydrogen-bond acceptors (Lipinski definition) is 10. The second-order valence-electron chi connectivity index (χ2n) is 9.34. The number of urea groups is 1. The molecule has 18 heteroatoms. The zero-order valence-corrected chi connectivity index (χ0v) is 24.0. The Morgan fingerprint density at radius 1 is 1.00 bits per heavy atom. The van der Waals surface area contributed by atoms with Crippen LogP contribution in [0.3, 0.4) is 0 Å². The Morgan fingerprint density at radius 2 is 1.65 bits per heavy atom. The second-order valence-corrected chi connectivity index (χ2v) is 11.6. The molecule has 0 saturated heterocycles. The molecule has 1 aliphatic carbocycles. The van der Waals surface area contributed by atoms with Crippen molar-refractivity contribution in [2.45, 2.75) is 24.6 Å². The number of amides is 3. The van der Waals surface area contributed by atoms with Crippen LogP contribution < -0.4 is 30.7 Å². The van der Waals surface area contributed by atoms with E-state index in [1.54, 1.807) is 12.1 Å². The van der Waals surface area contributed by atoms with Gasteiger partial charge in [-0.15, -0.1) is 0 Å². The van der Waals surface area contributed by atoms with Crippen molar-refractivity contribution in [1.82, 2.24) is 30.3 Å². The third-order valence-corrected chi connectivity index (χ3v) is 7.50. The molecule has 4 rings (SSSR count). The van der Waals surface area contributed by atoms with Gasteiger partial charge in [0, 0.05) is 29.9 Å². The lowest BCUT2D eigenvalue weighted by Gasteiger charge is -2.19. The fourth-order valence-corrected chi connectivity index (χ4v) is 4.74. The molecule has 3 aromatic rings. The molecule has 1 fully saturated rings. The van der Waals surface area contributed by atoms with E-state index in [0.717, 1.165) is 5.56 Å². The number of aromatic nitrogens is 3. The highest BCUT2D eigenvalue weighted by molar-refractivity contribution is 7.90. The van der Waals surface area contributed by atoms with Crippen LogP contribution in [0.15, 0.2) is 48.5 Å². The summed E-state index contributed by atoms with van der Waals surface area (Å²) in [5.74, 6) is -1.61. The molecule has 0 unspecified atom stereocenters. The summed E-state index contributed by atoms with van der Waals surface area (Å²) in [5, 5.41) is 11.1. The summed E-state index contributed by atoms with van der Waals surface area (Å²) in [5.41, 5.74) is 0.674. The number of nitrogens with zero attached hydrogens (tertiary/aromatic N) is 3. The Balaban J connectivity index is 1.47. The first-order valence-corrected chi connectivity index (χ1v) is 14.7. The third kappa shape index (κ3) is 9.31. The molecule has 3 amide bonds. The predicted octanol–water partition coefficient (Wildman–Crippen LogP) is 3.30. The van der Waals surface area contributed by atoms with Crippen molar-refractivity contribution in [2.75, 3.05) is 36.6 Å². The minimum atomic E-state index is -4.63. The predicted molar refractivity (Wildman–Crippen MR) is 151 cm³/mol. The minimum absolute atomic E-state index is 0.000716. The van der Waals surface area contributed by atoms with Crippen LogP contribution in [0, 0.1) is 0 Å². The van der Waals surface area contributed by atoms with Gasteiger partial charge in [0.25, 0.3) is 5.91 Å². The molecular weight excluding hydrogens is 617 g/mol. The summed E-state index contributed by atoms with van der Waals surface area (Å²) >= 11 is 5.99. The standard InChI is InChI=1S/C25H26ClF3N8O5S/c1-30-22(39)31-12-13-43(40,41)37-19(38)15-2-8-18(9-3-15)32-20-33-21(35-23(34-20)42-14-25(27,28)29)36-24(10-11-24)16-4-6-17(26)7-5-16/h2-9H,10-14H2,1H3,(H,37,38)(H2,30,31,39)(H2,32,33,34,35,36). The Morgan fingerprint density at radius 3 is 2.26 bits per heavy atom. The number of rotatable bonds is 12. The van der Waals surface area contributed by atoms with Crippen molar-refractivity contribution in [3.05, 3.63) is 64.7 Å². The van der Waals surface area contributed by atoms with Crippen LogP contribution >= 0.6 is 11.6 Å². The molecule has 0 spiro atoms. The summed E-state index contributed by atoms with van der Waals surface area (Å²) in [6, 6.07) is 11.4. The molecule has 43 heavy (non-hydrogen) atoms. The molecule has 1 aliphatic rings. The molecule has 0 atom stereocenters. The van der Waals surface area contributed by atoms with Crippen LogP contribution in [0.25, 0.3) is 0 Å². The number of ether oxygens (including phenoxy) is 1. The van der Waals surface area contributed by atoms with Crippen molar-refractivity contribution < 1.29 is 35.9 Å². The van der Waals surface area contributed by atoms with Crippen LogP contribution in [-0.2, 0) is 15.6 Å². The number of benzene rings is 2. The minimum Gasteiger partial charge on any atom is -0.454 e. The maximum atomic E-state index is 12.8. The zero-order valence-electron chi connectivity index (χ0n) is 22.5. The lowest BCUT2D eigenvalue weighted by atomic mass is 10.1. The first kappa shape index (κ1) is 31.6. The highest BCUT2D eigenvalue weighted by Gasteiger charge is 2.45. The fourth-order valence-electron chi connectivity index (χ4n) is 3.75. The molecule has 1 saturated carbocycles. The lowest BCUT2D eigenvalue weighted by molar-refractivity contribution is -0.154. The summed E-state index contributed by atoms with van der Waals surface area (Å²) in [6.45, 7) is -1.84. The van der Waals surface area contributed by atoms with Crippen molar-refractivity contribution >= 4 is 51.1 Å². The van der Waals surface area contributed by atoms with Crippen LogP contribution in [-0.4, -0.2) is 67.4 Å². The Bertz CT molecular complexity index is 1570. The molecule has 0 radical (unpaired) electrons. The average Bonchev–Trinajstić information content (AvgIpc) is 3.72. The molecule has 0 bridgehead atoms. The summed E-state index contributed by atoms with van der Waals surface area (Å²) in [4.78, 5) is 35.8. The normalized spacial score (nSPS) is 13.9. The number of hydrogen-bond donors (Lipinski definition) is 5. The maximum Gasteiger partial charge on any atom is 0.422 e. The van der Waals surface area contributed by atoms with Crippen LogP contribution in [0.5, 0.6) is 6.01 Å². The van der Waals surface area contributed by atoms with E-state index in [1.165, 1.54) is 31.3 Å². The lowest BCUT2D eigenvalue weighted by Crippen LogP contribution is -2.39. The van der Waals surface area contributed by atoms with E-state index in [2.05, 4.69) is 36.2 Å². The summed E-state index contributed by atoms with van der Waals surface area (Å²) in [7, 11) is -2.67. The highest BCUT2D eigenvalue weighted by atomic mass is 35.5. The van der Waals surface area contributed by atoms with Gasteiger partial charge < -0.3 is 26.0 Å². The van der Waals surface area contributed by atoms with Gasteiger partial charge in [-0.05, 0) is 54.8 Å². The smallest absolute Gasteiger partial charge is 0.422 e. The van der Waals surface area contributed by atoms with Crippen LogP contribution in [0.1, 0.15) is 28.8 Å². The number of anilines is 3. The Labute approximate surface area is 249 Å². The van der Waals surface area contributed by atoms with Crippen molar-refractivity contribution in [3.63, 3.8) is 0 Å². The van der Waals surface area contributed by atoms with Gasteiger partial charge in [0.05, 0.1) is 11.3 Å². The van der Waals surface area contributed by atoms with Crippen LogP contribution in [0.2, 0.25) is 5.02 Å². The van der Waals surface area contributed by atoms with E-state index in [0.29, 0.717) is 23.6 Å². The number of halogens is 4. The quantitative estimate of drug-likeness (QED) is 0.197. The van der Waals surface area contributed by atoms with Crippen LogP contribution in [0.4, 0.5) is 35.5 Å². The second kappa shape index (κ2) is 12.9. The number of carbonyl (C=O) groups is 2. The molecule has 13 nitrogen and oxygen atoms in total. The Kier molecular flexibility index (Phi) is 9.44. The first-order chi connectivity index (χ1) is 20.3. The van der Waals surface area contributed by atoms with Crippen molar-refractivity contribution in [3.8, 4) is 6.01 Å². The van der Waals surface area contributed by atoms with Gasteiger partial charge in [0.15, 0.2) is 6.61 Å². The molecule has 2 aromatic carbocycles. The van der Waals surface area contributed by atoms with Gasteiger partial charge >= 0.3 is 18.2 Å². The molecular formula is C25H26ClF3N8O5S. The molecule has 230 valence electrons. The average molecular weight is 643 g/mol. The number of sulfonamides is 1. The number of alkyl halides is 3. The van der Waals surface area contributed by atoms with Gasteiger partial charge in [-0.2, -0.15) is 28.1 Å². The van der Waals surface area contributed by atoms with E-state index >= 15 is 0 Å². The van der Waals surface area contributed by atoms with Crippen molar-refractivity contribution in [2.24, 2.45) is 0 Å². The van der Waals surface area contributed by atoms with E-state index in [-0.39, 0.29) is 24.0 Å². The van der Waals surface area contributed by atoms with E-state index in [1.807, 2.05) is 16.9 Å². The van der Waals surface area contributed by atoms with Crippen molar-refractivity contribution in [1.29, 1.82) is 0 Å². The molecule has 5 N–H and O–H groups in total. The molecule has 1 heterocycles. The van der Waals surface area contributed by atoms with E-state index in [9.17, 15) is 31.2 Å². The SMILES string of the molecule is CNC(=O)NCCS(=O)(=O)NC(=O)c1ccc(Nc2nc(NC3(c4ccc(Cl)cc4)CC3)nc(OCC(F)(F)F)n2)cc1. The van der Waals surface area contributed by atoms with Gasteiger partial charge in [-0.1, -0.05) is 23.7 Å².